The average molecular weight is 325 g/mol. The third kappa shape index (κ3) is 3.07. The molecule has 1 aromatic heterocycles. The number of ether oxygens (including phenoxy) is 1. The summed E-state index contributed by atoms with van der Waals surface area (Å²) in [6.07, 6.45) is 2.54. The number of benzene rings is 1. The molecule has 1 N–H and O–H groups in total. The van der Waals surface area contributed by atoms with Gasteiger partial charge < -0.3 is 9.84 Å². The maximum Gasteiger partial charge on any atom is 0.330 e. The lowest BCUT2D eigenvalue weighted by Crippen LogP contribution is -1.96. The molecule has 0 saturated carbocycles. The van der Waals surface area contributed by atoms with Crippen LogP contribution < -0.4 is 4.74 Å². The van der Waals surface area contributed by atoms with Crippen LogP contribution in [0.25, 0.3) is 0 Å². The van der Waals surface area contributed by atoms with Gasteiger partial charge >= 0.3 is 5.69 Å². The van der Waals surface area contributed by atoms with Crippen molar-refractivity contribution in [2.45, 2.75) is 6.61 Å². The number of aliphatic hydroxyl groups excluding tert-OH is 1. The van der Waals surface area contributed by atoms with Crippen molar-refractivity contribution in [2.75, 3.05) is 0 Å². The summed E-state index contributed by atoms with van der Waals surface area (Å²) in [6, 6.07) is 6.68. The van der Waals surface area contributed by atoms with Gasteiger partial charge in [-0.1, -0.05) is 12.1 Å². The van der Waals surface area contributed by atoms with E-state index in [-0.39, 0.29) is 18.0 Å². The van der Waals surface area contributed by atoms with Gasteiger partial charge in [0.2, 0.25) is 5.75 Å². The van der Waals surface area contributed by atoms with E-state index in [0.717, 1.165) is 6.20 Å². The molecule has 0 amide bonds. The zero-order valence-corrected chi connectivity index (χ0v) is 11.2. The molecule has 0 unspecified atom stereocenters. The molecule has 0 aliphatic rings. The Morgan fingerprint density at radius 1 is 1.42 bits per heavy atom. The van der Waals surface area contributed by atoms with E-state index in [9.17, 15) is 10.1 Å². The minimum absolute atomic E-state index is 0.0788. The zero-order chi connectivity index (χ0) is 13.8. The topological polar surface area (TPSA) is 85.5 Å². The summed E-state index contributed by atoms with van der Waals surface area (Å²) >= 11 is 3.17. The third-order valence-electron chi connectivity index (χ3n) is 2.33. The predicted molar refractivity (Wildman–Crippen MR) is 71.0 cm³/mol. The Balaban J connectivity index is 2.40. The van der Waals surface area contributed by atoms with Crippen molar-refractivity contribution < 1.29 is 14.8 Å². The van der Waals surface area contributed by atoms with Gasteiger partial charge in [-0.25, -0.2) is 0 Å². The second kappa shape index (κ2) is 5.77. The van der Waals surface area contributed by atoms with Gasteiger partial charge in [0.05, 0.1) is 16.0 Å². The summed E-state index contributed by atoms with van der Waals surface area (Å²) < 4.78 is 5.89. The molecule has 1 aromatic carbocycles. The zero-order valence-electron chi connectivity index (χ0n) is 9.62. The van der Waals surface area contributed by atoms with Gasteiger partial charge in [0.25, 0.3) is 0 Å². The van der Waals surface area contributed by atoms with Gasteiger partial charge in [-0.2, -0.15) is 0 Å². The number of aromatic nitrogens is 1. The number of pyridine rings is 1. The van der Waals surface area contributed by atoms with Gasteiger partial charge in [-0.15, -0.1) is 0 Å². The number of rotatable bonds is 4. The lowest BCUT2D eigenvalue weighted by atomic mass is 10.2. The molecule has 19 heavy (non-hydrogen) atoms. The van der Waals surface area contributed by atoms with E-state index in [1.165, 1.54) is 6.20 Å². The van der Waals surface area contributed by atoms with Crippen molar-refractivity contribution in [1.82, 2.24) is 4.98 Å². The number of nitrogens with zero attached hydrogens (tertiary/aromatic N) is 2. The summed E-state index contributed by atoms with van der Waals surface area (Å²) in [7, 11) is 0. The fraction of sp³-hybridized carbons (Fsp3) is 0.0833. The highest BCUT2D eigenvalue weighted by molar-refractivity contribution is 9.10. The Morgan fingerprint density at radius 3 is 2.89 bits per heavy atom. The summed E-state index contributed by atoms with van der Waals surface area (Å²) in [4.78, 5) is 14.1. The molecule has 0 spiro atoms. The van der Waals surface area contributed by atoms with Crippen LogP contribution in [0.5, 0.6) is 11.5 Å². The molecule has 0 atom stereocenters. The molecule has 0 radical (unpaired) electrons. The molecule has 7 heteroatoms. The number of nitro groups is 1. The van der Waals surface area contributed by atoms with Crippen molar-refractivity contribution >= 4 is 21.6 Å². The van der Waals surface area contributed by atoms with Crippen LogP contribution in [-0.2, 0) is 6.61 Å². The second-order valence-electron chi connectivity index (χ2n) is 3.63. The van der Waals surface area contributed by atoms with Crippen LogP contribution in [0.3, 0.4) is 0 Å². The van der Waals surface area contributed by atoms with Gasteiger partial charge in [0.15, 0.2) is 0 Å². The van der Waals surface area contributed by atoms with Gasteiger partial charge in [0, 0.05) is 6.20 Å². The monoisotopic (exact) mass is 324 g/mol. The van der Waals surface area contributed by atoms with E-state index in [0.29, 0.717) is 15.8 Å². The lowest BCUT2D eigenvalue weighted by Gasteiger charge is -2.08. The molecule has 2 rings (SSSR count). The number of hydrogen-bond donors (Lipinski definition) is 1. The first-order valence-corrected chi connectivity index (χ1v) is 6.06. The standard InChI is InChI=1S/C12H9BrN2O4/c13-10-5-14-6-11(15(17)18)12(10)19-9-3-1-2-8(4-9)7-16/h1-6,16H,7H2. The molecular formula is C12H9BrN2O4. The van der Waals surface area contributed by atoms with E-state index in [2.05, 4.69) is 20.9 Å². The van der Waals surface area contributed by atoms with Crippen LogP contribution in [0.4, 0.5) is 5.69 Å². The van der Waals surface area contributed by atoms with E-state index < -0.39 is 4.92 Å². The molecule has 6 nitrogen and oxygen atoms in total. The molecule has 1 heterocycles. The minimum Gasteiger partial charge on any atom is -0.449 e. The van der Waals surface area contributed by atoms with E-state index in [4.69, 9.17) is 9.84 Å². The summed E-state index contributed by atoms with van der Waals surface area (Å²) in [5, 5.41) is 20.0. The van der Waals surface area contributed by atoms with E-state index in [1.807, 2.05) is 0 Å². The minimum atomic E-state index is -0.566. The molecule has 0 fully saturated rings. The van der Waals surface area contributed by atoms with Crippen molar-refractivity contribution in [3.8, 4) is 11.5 Å². The third-order valence-corrected chi connectivity index (χ3v) is 2.90. The first kappa shape index (κ1) is 13.4. The van der Waals surface area contributed by atoms with Crippen LogP contribution in [0.1, 0.15) is 5.56 Å². The average Bonchev–Trinajstić information content (AvgIpc) is 2.41. The Hall–Kier alpha value is -1.99. The first-order chi connectivity index (χ1) is 9.11. The van der Waals surface area contributed by atoms with Crippen LogP contribution in [-0.4, -0.2) is 15.0 Å². The summed E-state index contributed by atoms with van der Waals surface area (Å²) in [6.45, 7) is -0.128. The highest BCUT2D eigenvalue weighted by Gasteiger charge is 2.19. The maximum absolute atomic E-state index is 10.9. The predicted octanol–water partition coefficient (Wildman–Crippen LogP) is 3.04. The van der Waals surface area contributed by atoms with Crippen LogP contribution >= 0.6 is 15.9 Å². The Bertz CT molecular complexity index is 618. The molecule has 0 bridgehead atoms. The van der Waals surface area contributed by atoms with Gasteiger partial charge in [-0.05, 0) is 33.6 Å². The number of hydrogen-bond acceptors (Lipinski definition) is 5. The number of aliphatic hydroxyl groups is 1. The van der Waals surface area contributed by atoms with Crippen molar-refractivity contribution in [2.24, 2.45) is 0 Å². The Kier molecular flexibility index (Phi) is 4.08. The Labute approximate surface area is 117 Å². The molecule has 2 aromatic rings. The number of halogens is 1. The molecule has 98 valence electrons. The first-order valence-electron chi connectivity index (χ1n) is 5.27. The van der Waals surface area contributed by atoms with Crippen LogP contribution in [0.2, 0.25) is 0 Å². The molecule has 0 aliphatic heterocycles. The molecule has 0 saturated heterocycles. The maximum atomic E-state index is 10.9. The fourth-order valence-corrected chi connectivity index (χ4v) is 1.87. The van der Waals surface area contributed by atoms with Crippen molar-refractivity contribution in [3.63, 3.8) is 0 Å². The second-order valence-corrected chi connectivity index (χ2v) is 4.49. The SMILES string of the molecule is O=[N+]([O-])c1cncc(Br)c1Oc1cccc(CO)c1. The lowest BCUT2D eigenvalue weighted by molar-refractivity contribution is -0.386. The highest BCUT2D eigenvalue weighted by atomic mass is 79.9. The van der Waals surface area contributed by atoms with Crippen LogP contribution in [0.15, 0.2) is 41.1 Å². The largest absolute Gasteiger partial charge is 0.449 e. The summed E-state index contributed by atoms with van der Waals surface area (Å²) in [5.41, 5.74) is 0.425. The van der Waals surface area contributed by atoms with Crippen molar-refractivity contribution in [3.05, 3.63) is 56.8 Å². The van der Waals surface area contributed by atoms with Crippen molar-refractivity contribution in [1.29, 1.82) is 0 Å². The van der Waals surface area contributed by atoms with E-state index in [1.54, 1.807) is 24.3 Å². The van der Waals surface area contributed by atoms with Gasteiger partial charge in [0.1, 0.15) is 11.9 Å². The van der Waals surface area contributed by atoms with E-state index >= 15 is 0 Å². The normalized spacial score (nSPS) is 10.2. The Morgan fingerprint density at radius 2 is 2.21 bits per heavy atom. The van der Waals surface area contributed by atoms with Crippen LogP contribution in [0, 0.1) is 10.1 Å². The van der Waals surface area contributed by atoms with Gasteiger partial charge in [-0.3, -0.25) is 15.1 Å². The highest BCUT2D eigenvalue weighted by Crippen LogP contribution is 2.37. The quantitative estimate of drug-likeness (QED) is 0.690. The fourth-order valence-electron chi connectivity index (χ4n) is 1.47. The molecule has 0 aliphatic carbocycles. The smallest absolute Gasteiger partial charge is 0.330 e. The molecular weight excluding hydrogens is 316 g/mol. The summed E-state index contributed by atoms with van der Waals surface area (Å²) in [5.74, 6) is 0.483.